The Kier molecular flexibility index (Phi) is 13.1. The molecule has 0 radical (unpaired) electrons. The Bertz CT molecular complexity index is 5030. The van der Waals surface area contributed by atoms with Crippen molar-refractivity contribution >= 4 is 143 Å². The monoisotopic (exact) mass is 1210 g/mol. The molecular formula is C84H56B2FN5S. The van der Waals surface area contributed by atoms with E-state index in [4.69, 9.17) is 0 Å². The van der Waals surface area contributed by atoms with E-state index in [9.17, 15) is 0 Å². The summed E-state index contributed by atoms with van der Waals surface area (Å²) < 4.78 is 15.6. The molecule has 18 rings (SSSR count). The maximum Gasteiger partial charge on any atom is 0.252 e. The lowest BCUT2D eigenvalue weighted by atomic mass is 9.31. The van der Waals surface area contributed by atoms with E-state index in [1.165, 1.54) is 53.7 Å². The SMILES string of the molecule is Fc1ccc(N2c3cc4c(cc3B3c5ccccc5N(c5ccccc5)c5cc(N(c6ccccc6)c6ccccc6)cc2c53)B2c3ccccc3N(c3ccccc3)c3cc(N(c5ccc(-c6ccccc6)cc5)c5ccc(-c6ccccc6)cc5)cc(c32)S4)cc1. The van der Waals surface area contributed by atoms with Gasteiger partial charge in [-0.05, 0) is 189 Å². The molecule has 0 spiro atoms. The first kappa shape index (κ1) is 54.4. The highest BCUT2D eigenvalue weighted by molar-refractivity contribution is 8.00. The van der Waals surface area contributed by atoms with E-state index in [0.29, 0.717) is 0 Å². The number of fused-ring (bicyclic) bond motifs is 8. The van der Waals surface area contributed by atoms with Crippen LogP contribution in [0.5, 0.6) is 0 Å². The lowest BCUT2D eigenvalue weighted by Gasteiger charge is -2.46. The van der Waals surface area contributed by atoms with E-state index in [2.05, 4.69) is 340 Å². The van der Waals surface area contributed by atoms with Gasteiger partial charge in [0.1, 0.15) is 5.82 Å². The Balaban J connectivity index is 0.890. The topological polar surface area (TPSA) is 16.2 Å². The highest BCUT2D eigenvalue weighted by Gasteiger charge is 2.48. The average molecular weight is 1210 g/mol. The molecule has 5 nitrogen and oxygen atoms in total. The fourth-order valence-electron chi connectivity index (χ4n) is 14.9. The van der Waals surface area contributed by atoms with Crippen molar-refractivity contribution in [3.8, 4) is 22.3 Å². The number of hydrogen-bond acceptors (Lipinski definition) is 6. The van der Waals surface area contributed by atoms with Crippen molar-refractivity contribution in [2.24, 2.45) is 0 Å². The van der Waals surface area contributed by atoms with Crippen molar-refractivity contribution in [3.63, 3.8) is 0 Å². The molecule has 93 heavy (non-hydrogen) atoms. The van der Waals surface area contributed by atoms with Gasteiger partial charge in [-0.3, -0.25) is 0 Å². The predicted molar refractivity (Wildman–Crippen MR) is 391 cm³/mol. The molecule has 0 atom stereocenters. The molecule has 0 aromatic heterocycles. The van der Waals surface area contributed by atoms with Crippen LogP contribution in [0, 0.1) is 5.82 Å². The molecule has 0 amide bonds. The zero-order chi connectivity index (χ0) is 61.5. The van der Waals surface area contributed by atoms with Crippen LogP contribution in [0.1, 0.15) is 0 Å². The van der Waals surface area contributed by atoms with Crippen LogP contribution in [0.2, 0.25) is 0 Å². The molecule has 14 aromatic rings. The molecule has 0 N–H and O–H groups in total. The average Bonchev–Trinajstić information content (AvgIpc) is 0.697. The van der Waals surface area contributed by atoms with Gasteiger partial charge in [-0.1, -0.05) is 217 Å². The summed E-state index contributed by atoms with van der Waals surface area (Å²) >= 11 is 1.85. The second-order valence-corrected chi connectivity index (χ2v) is 25.2. The summed E-state index contributed by atoms with van der Waals surface area (Å²) in [4.78, 5) is 14.5. The molecule has 436 valence electrons. The molecule has 4 aliphatic heterocycles. The Morgan fingerprint density at radius 3 is 1.10 bits per heavy atom. The van der Waals surface area contributed by atoms with E-state index in [-0.39, 0.29) is 19.2 Å². The van der Waals surface area contributed by atoms with Gasteiger partial charge in [-0.2, -0.15) is 0 Å². The molecule has 0 bridgehead atoms. The largest absolute Gasteiger partial charge is 0.311 e. The normalized spacial score (nSPS) is 12.8. The fraction of sp³-hybridized carbons (Fsp3) is 0. The summed E-state index contributed by atoms with van der Waals surface area (Å²) in [6.45, 7) is -0.333. The summed E-state index contributed by atoms with van der Waals surface area (Å²) in [5, 5.41) is 0. The molecule has 0 unspecified atom stereocenters. The highest BCUT2D eigenvalue weighted by atomic mass is 32.2. The van der Waals surface area contributed by atoms with Crippen molar-refractivity contribution in [1.82, 2.24) is 0 Å². The maximum atomic E-state index is 15.6. The number of halogens is 1. The quantitative estimate of drug-likeness (QED) is 0.119. The zero-order valence-corrected chi connectivity index (χ0v) is 51.3. The lowest BCUT2D eigenvalue weighted by molar-refractivity contribution is 0.628. The van der Waals surface area contributed by atoms with Crippen molar-refractivity contribution < 1.29 is 4.39 Å². The third kappa shape index (κ3) is 9.17. The van der Waals surface area contributed by atoms with Crippen LogP contribution in [-0.2, 0) is 0 Å². The minimum atomic E-state index is -0.286. The van der Waals surface area contributed by atoms with Gasteiger partial charge in [-0.25, -0.2) is 4.39 Å². The smallest absolute Gasteiger partial charge is 0.252 e. The van der Waals surface area contributed by atoms with Crippen LogP contribution >= 0.6 is 11.8 Å². The first-order valence-electron chi connectivity index (χ1n) is 31.7. The molecule has 0 aliphatic carbocycles. The van der Waals surface area contributed by atoms with E-state index < -0.39 is 0 Å². The van der Waals surface area contributed by atoms with Crippen molar-refractivity contribution in [2.75, 3.05) is 24.5 Å². The van der Waals surface area contributed by atoms with Crippen molar-refractivity contribution in [2.45, 2.75) is 9.79 Å². The molecule has 14 aromatic carbocycles. The summed E-state index contributed by atoms with van der Waals surface area (Å²) in [5.41, 5.74) is 27.8. The minimum Gasteiger partial charge on any atom is -0.311 e. The first-order chi connectivity index (χ1) is 46.1. The second kappa shape index (κ2) is 22.5. The van der Waals surface area contributed by atoms with Crippen LogP contribution in [0.25, 0.3) is 22.3 Å². The Morgan fingerprint density at radius 2 is 0.613 bits per heavy atom. The molecule has 0 fully saturated rings. The number of para-hydroxylation sites is 6. The number of benzene rings is 14. The van der Waals surface area contributed by atoms with Gasteiger partial charge in [0.2, 0.25) is 6.71 Å². The first-order valence-corrected chi connectivity index (χ1v) is 32.5. The highest BCUT2D eigenvalue weighted by Crippen LogP contribution is 2.51. The molecule has 0 saturated carbocycles. The third-order valence-electron chi connectivity index (χ3n) is 18.9. The number of hydrogen-bond donors (Lipinski definition) is 0. The molecule has 0 saturated heterocycles. The van der Waals surface area contributed by atoms with Gasteiger partial charge >= 0.3 is 0 Å². The zero-order valence-electron chi connectivity index (χ0n) is 50.5. The van der Waals surface area contributed by atoms with Crippen LogP contribution in [-0.4, -0.2) is 13.4 Å². The number of nitrogens with zero attached hydrogens (tertiary/aromatic N) is 5. The molecule has 4 aliphatic rings. The van der Waals surface area contributed by atoms with E-state index >= 15 is 4.39 Å². The van der Waals surface area contributed by atoms with Crippen LogP contribution in [0.4, 0.5) is 89.7 Å². The van der Waals surface area contributed by atoms with Gasteiger partial charge in [0, 0.05) is 89.4 Å². The van der Waals surface area contributed by atoms with Crippen molar-refractivity contribution in [1.29, 1.82) is 0 Å². The summed E-state index contributed by atoms with van der Waals surface area (Å²) in [6.07, 6.45) is 0. The molecule has 4 heterocycles. The van der Waals surface area contributed by atoms with Gasteiger partial charge in [-0.15, -0.1) is 0 Å². The summed E-state index contributed by atoms with van der Waals surface area (Å²) in [6, 6.07) is 122. The van der Waals surface area contributed by atoms with Crippen LogP contribution in [0.3, 0.4) is 0 Å². The fourth-order valence-corrected chi connectivity index (χ4v) is 16.1. The van der Waals surface area contributed by atoms with E-state index in [1.807, 2.05) is 23.9 Å². The standard InChI is InChI=1S/C84H56B2FN5S/c87-61-43-49-68(50-44-61)92-77-56-81-74(55-73(77)85-71-35-19-21-37-75(71)90(64-31-15-5-16-32-64)78-51-69(52-79(92)83(78)85)88(62-27-11-3-12-28-62)63-29-13-4-14-30-63)86-72-36-20-22-38-76(72)91(65-33-17-6-18-34-65)80-53-70(54-82(93-81)84(80)86)89(66-45-39-59(40-46-66)57-23-7-1-8-24-57)67-47-41-60(42-48-67)58-25-9-2-10-26-58/h1-56H. The maximum absolute atomic E-state index is 15.6. The van der Waals surface area contributed by atoms with E-state index in [1.54, 1.807) is 12.1 Å². The predicted octanol–water partition coefficient (Wildman–Crippen LogP) is 18.9. The molecular weight excluding hydrogens is 1150 g/mol. The van der Waals surface area contributed by atoms with E-state index in [0.717, 1.165) is 96.4 Å². The molecule has 9 heteroatoms. The Labute approximate surface area is 546 Å². The van der Waals surface area contributed by atoms with Crippen molar-refractivity contribution in [3.05, 3.63) is 346 Å². The Hall–Kier alpha value is -11.5. The van der Waals surface area contributed by atoms with Crippen LogP contribution < -0.4 is 57.3 Å². The number of anilines is 15. The van der Waals surface area contributed by atoms with Gasteiger partial charge < -0.3 is 24.5 Å². The lowest BCUT2D eigenvalue weighted by Crippen LogP contribution is -2.64. The minimum absolute atomic E-state index is 0.141. The number of rotatable bonds is 11. The van der Waals surface area contributed by atoms with Gasteiger partial charge in [0.15, 0.2) is 0 Å². The van der Waals surface area contributed by atoms with Gasteiger partial charge in [0.25, 0.3) is 6.71 Å². The summed E-state index contributed by atoms with van der Waals surface area (Å²) in [5.74, 6) is -0.286. The van der Waals surface area contributed by atoms with Crippen LogP contribution in [0.15, 0.2) is 350 Å². The third-order valence-corrected chi connectivity index (χ3v) is 20.0. The van der Waals surface area contributed by atoms with Gasteiger partial charge in [0.05, 0.1) is 5.69 Å². The Morgan fingerprint density at radius 1 is 0.247 bits per heavy atom. The second-order valence-electron chi connectivity index (χ2n) is 24.1. The summed E-state index contributed by atoms with van der Waals surface area (Å²) in [7, 11) is 0.